The zero-order chi connectivity index (χ0) is 19.2. The number of benzene rings is 2. The Morgan fingerprint density at radius 3 is 2.70 bits per heavy atom. The molecule has 0 bridgehead atoms. The molecule has 0 fully saturated rings. The van der Waals surface area contributed by atoms with Crippen molar-refractivity contribution in [1.82, 2.24) is 14.8 Å². The van der Waals surface area contributed by atoms with Gasteiger partial charge >= 0.3 is 0 Å². The number of hydrogen-bond acceptors (Lipinski definition) is 5. The number of methoxy groups -OCH3 is 1. The number of aromatic nitrogens is 3. The second-order valence-corrected chi connectivity index (χ2v) is 6.92. The summed E-state index contributed by atoms with van der Waals surface area (Å²) in [6.07, 6.45) is 2.51. The van der Waals surface area contributed by atoms with Gasteiger partial charge in [0.25, 0.3) is 0 Å². The lowest BCUT2D eigenvalue weighted by molar-refractivity contribution is -0.113. The highest BCUT2D eigenvalue weighted by Crippen LogP contribution is 2.24. The van der Waals surface area contributed by atoms with Crippen molar-refractivity contribution < 1.29 is 9.53 Å². The van der Waals surface area contributed by atoms with E-state index in [9.17, 15) is 4.79 Å². The Labute approximate surface area is 163 Å². The Kier molecular flexibility index (Phi) is 6.13. The summed E-state index contributed by atoms with van der Waals surface area (Å²) < 4.78 is 7.03. The summed E-state index contributed by atoms with van der Waals surface area (Å²) in [5.74, 6) is 0.977. The first kappa shape index (κ1) is 19.0. The largest absolute Gasteiger partial charge is 0.497 e. The number of anilines is 1. The highest BCUT2D eigenvalue weighted by atomic mass is 32.2. The molecule has 0 aliphatic carbocycles. The maximum atomic E-state index is 12.5. The van der Waals surface area contributed by atoms with E-state index in [4.69, 9.17) is 4.74 Å². The molecule has 0 atom stereocenters. The third-order valence-corrected chi connectivity index (χ3v) is 5.15. The Morgan fingerprint density at radius 2 is 2.00 bits per heavy atom. The summed E-state index contributed by atoms with van der Waals surface area (Å²) in [6.45, 7) is 4.08. The topological polar surface area (TPSA) is 69.0 Å². The Bertz CT molecular complexity index is 922. The van der Waals surface area contributed by atoms with Gasteiger partial charge in [0.15, 0.2) is 5.16 Å². The van der Waals surface area contributed by atoms with Crippen LogP contribution in [-0.2, 0) is 11.2 Å². The summed E-state index contributed by atoms with van der Waals surface area (Å²) in [4.78, 5) is 12.5. The number of carbonyl (C=O) groups excluding carboxylic acids is 1. The summed E-state index contributed by atoms with van der Waals surface area (Å²) >= 11 is 1.35. The molecule has 0 aliphatic heterocycles. The SMILES string of the molecule is CCc1cccc(C)c1NC(=O)CSc1nncn1-c1ccc(OC)cc1. The van der Waals surface area contributed by atoms with Crippen LogP contribution in [0.4, 0.5) is 5.69 Å². The molecule has 0 spiro atoms. The zero-order valence-electron chi connectivity index (χ0n) is 15.6. The molecule has 1 N–H and O–H groups in total. The molecular formula is C20H22N4O2S. The number of ether oxygens (including phenoxy) is 1. The lowest BCUT2D eigenvalue weighted by Gasteiger charge is -2.13. The maximum Gasteiger partial charge on any atom is 0.234 e. The van der Waals surface area contributed by atoms with Crippen LogP contribution in [0.5, 0.6) is 5.75 Å². The first-order chi connectivity index (χ1) is 13.1. The van der Waals surface area contributed by atoms with Gasteiger partial charge in [-0.3, -0.25) is 9.36 Å². The fraction of sp³-hybridized carbons (Fsp3) is 0.250. The molecule has 1 heterocycles. The summed E-state index contributed by atoms with van der Waals surface area (Å²) in [5, 5.41) is 11.8. The standard InChI is InChI=1S/C20H22N4O2S/c1-4-15-7-5-6-14(2)19(15)22-18(25)12-27-20-23-21-13-24(20)16-8-10-17(26-3)11-9-16/h5-11,13H,4,12H2,1-3H3,(H,22,25). The van der Waals surface area contributed by atoms with Crippen molar-refractivity contribution in [2.75, 3.05) is 18.2 Å². The molecule has 7 heteroatoms. The molecule has 2 aromatic carbocycles. The molecule has 3 rings (SSSR count). The van der Waals surface area contributed by atoms with Crippen molar-refractivity contribution in [3.8, 4) is 11.4 Å². The van der Waals surface area contributed by atoms with Gasteiger partial charge in [0.1, 0.15) is 12.1 Å². The fourth-order valence-electron chi connectivity index (χ4n) is 2.75. The van der Waals surface area contributed by atoms with Gasteiger partial charge in [-0.25, -0.2) is 0 Å². The van der Waals surface area contributed by atoms with Crippen LogP contribution in [0.1, 0.15) is 18.1 Å². The van der Waals surface area contributed by atoms with E-state index < -0.39 is 0 Å². The van der Waals surface area contributed by atoms with Crippen molar-refractivity contribution in [1.29, 1.82) is 0 Å². The predicted octanol–water partition coefficient (Wildman–Crippen LogP) is 3.88. The smallest absolute Gasteiger partial charge is 0.234 e. The average molecular weight is 382 g/mol. The van der Waals surface area contributed by atoms with Crippen LogP contribution < -0.4 is 10.1 Å². The first-order valence-electron chi connectivity index (χ1n) is 8.68. The van der Waals surface area contributed by atoms with E-state index in [-0.39, 0.29) is 11.7 Å². The molecule has 0 radical (unpaired) electrons. The highest BCUT2D eigenvalue weighted by molar-refractivity contribution is 7.99. The molecule has 1 aromatic heterocycles. The van der Waals surface area contributed by atoms with Crippen molar-refractivity contribution in [2.24, 2.45) is 0 Å². The number of rotatable bonds is 7. The second kappa shape index (κ2) is 8.73. The van der Waals surface area contributed by atoms with Gasteiger partial charge < -0.3 is 10.1 Å². The Morgan fingerprint density at radius 1 is 1.22 bits per heavy atom. The summed E-state index contributed by atoms with van der Waals surface area (Å²) in [6, 6.07) is 13.6. The van der Waals surface area contributed by atoms with Crippen molar-refractivity contribution >= 4 is 23.4 Å². The number of hydrogen-bond donors (Lipinski definition) is 1. The van der Waals surface area contributed by atoms with E-state index in [1.165, 1.54) is 11.8 Å². The van der Waals surface area contributed by atoms with E-state index >= 15 is 0 Å². The van der Waals surface area contributed by atoms with E-state index in [1.54, 1.807) is 13.4 Å². The van der Waals surface area contributed by atoms with Crippen LogP contribution in [-0.4, -0.2) is 33.5 Å². The molecule has 0 saturated heterocycles. The third kappa shape index (κ3) is 4.49. The highest BCUT2D eigenvalue weighted by Gasteiger charge is 2.12. The molecule has 3 aromatic rings. The van der Waals surface area contributed by atoms with Gasteiger partial charge in [0.2, 0.25) is 5.91 Å². The van der Waals surface area contributed by atoms with E-state index in [0.29, 0.717) is 5.16 Å². The van der Waals surface area contributed by atoms with Crippen LogP contribution >= 0.6 is 11.8 Å². The summed E-state index contributed by atoms with van der Waals surface area (Å²) in [7, 11) is 1.63. The molecule has 1 amide bonds. The maximum absolute atomic E-state index is 12.5. The lowest BCUT2D eigenvalue weighted by atomic mass is 10.1. The molecular weight excluding hydrogens is 360 g/mol. The van der Waals surface area contributed by atoms with Crippen molar-refractivity contribution in [3.63, 3.8) is 0 Å². The number of para-hydroxylation sites is 1. The normalized spacial score (nSPS) is 10.6. The van der Waals surface area contributed by atoms with E-state index in [1.807, 2.05) is 54.0 Å². The van der Waals surface area contributed by atoms with Crippen molar-refractivity contribution in [2.45, 2.75) is 25.4 Å². The minimum Gasteiger partial charge on any atom is -0.497 e. The molecule has 0 aliphatic rings. The predicted molar refractivity (Wildman–Crippen MR) is 108 cm³/mol. The van der Waals surface area contributed by atoms with Crippen LogP contribution in [0, 0.1) is 6.92 Å². The number of nitrogens with one attached hydrogen (secondary N) is 1. The monoisotopic (exact) mass is 382 g/mol. The molecule has 0 saturated carbocycles. The molecule has 140 valence electrons. The molecule has 0 unspecified atom stereocenters. The van der Waals surface area contributed by atoms with Crippen LogP contribution in [0.25, 0.3) is 5.69 Å². The van der Waals surface area contributed by atoms with E-state index in [0.717, 1.165) is 34.7 Å². The Balaban J connectivity index is 1.67. The van der Waals surface area contributed by atoms with Gasteiger partial charge in [-0.15, -0.1) is 10.2 Å². The quantitative estimate of drug-likeness (QED) is 0.628. The number of carbonyl (C=O) groups is 1. The number of nitrogens with zero attached hydrogens (tertiary/aromatic N) is 3. The first-order valence-corrected chi connectivity index (χ1v) is 9.66. The van der Waals surface area contributed by atoms with Crippen LogP contribution in [0.2, 0.25) is 0 Å². The number of amides is 1. The fourth-order valence-corrected chi connectivity index (χ4v) is 3.48. The van der Waals surface area contributed by atoms with Gasteiger partial charge in [-0.05, 0) is 48.7 Å². The minimum atomic E-state index is -0.0618. The van der Waals surface area contributed by atoms with Crippen LogP contribution in [0.3, 0.4) is 0 Å². The zero-order valence-corrected chi connectivity index (χ0v) is 16.4. The number of aryl methyl sites for hydroxylation is 2. The molecule has 6 nitrogen and oxygen atoms in total. The second-order valence-electron chi connectivity index (χ2n) is 5.98. The third-order valence-electron chi connectivity index (χ3n) is 4.20. The van der Waals surface area contributed by atoms with Gasteiger partial charge in [0.05, 0.1) is 12.9 Å². The minimum absolute atomic E-state index is 0.0618. The number of thioether (sulfide) groups is 1. The van der Waals surface area contributed by atoms with Gasteiger partial charge in [0, 0.05) is 11.4 Å². The van der Waals surface area contributed by atoms with Gasteiger partial charge in [-0.1, -0.05) is 36.9 Å². The Hall–Kier alpha value is -2.80. The van der Waals surface area contributed by atoms with Crippen molar-refractivity contribution in [3.05, 3.63) is 59.9 Å². The average Bonchev–Trinajstić information content (AvgIpc) is 3.16. The molecule has 27 heavy (non-hydrogen) atoms. The van der Waals surface area contributed by atoms with E-state index in [2.05, 4.69) is 22.4 Å². The van der Waals surface area contributed by atoms with Crippen LogP contribution in [0.15, 0.2) is 53.9 Å². The summed E-state index contributed by atoms with van der Waals surface area (Å²) in [5.41, 5.74) is 4.02. The van der Waals surface area contributed by atoms with Gasteiger partial charge in [-0.2, -0.15) is 0 Å². The lowest BCUT2D eigenvalue weighted by Crippen LogP contribution is -2.16.